The van der Waals surface area contributed by atoms with E-state index in [0.717, 1.165) is 5.56 Å². The van der Waals surface area contributed by atoms with Crippen molar-refractivity contribution in [2.45, 2.75) is 0 Å². The third-order valence-electron chi connectivity index (χ3n) is 3.68. The lowest BCUT2D eigenvalue weighted by atomic mass is 10.0. The first-order valence-corrected chi connectivity index (χ1v) is 7.12. The largest absolute Gasteiger partial charge is 0.505 e. The van der Waals surface area contributed by atoms with Gasteiger partial charge in [-0.05, 0) is 35.9 Å². The third-order valence-corrected chi connectivity index (χ3v) is 3.68. The summed E-state index contributed by atoms with van der Waals surface area (Å²) in [4.78, 5) is 11.1. The highest BCUT2D eigenvalue weighted by molar-refractivity contribution is 5.96. The Morgan fingerprint density at radius 3 is 2.67 bits per heavy atom. The van der Waals surface area contributed by atoms with Crippen molar-refractivity contribution in [3.8, 4) is 17.2 Å². The molecule has 122 valence electrons. The number of carboxylic acids is 1. The zero-order valence-electron chi connectivity index (χ0n) is 12.8. The Kier molecular flexibility index (Phi) is 3.87. The fraction of sp³-hybridized carbons (Fsp3) is 0.0556. The number of ether oxygens (including phenoxy) is 1. The number of aromatic carboxylic acids is 1. The number of carboxylic acid groups (broad SMARTS) is 1. The summed E-state index contributed by atoms with van der Waals surface area (Å²) in [6.45, 7) is 0. The van der Waals surface area contributed by atoms with Crippen molar-refractivity contribution in [1.82, 2.24) is 0 Å². The summed E-state index contributed by atoms with van der Waals surface area (Å²) in [5, 5.41) is 31.9. The van der Waals surface area contributed by atoms with E-state index in [1.165, 1.54) is 19.2 Å². The molecule has 0 bridgehead atoms. The summed E-state index contributed by atoms with van der Waals surface area (Å²) in [6, 6.07) is 7.89. The van der Waals surface area contributed by atoms with E-state index in [4.69, 9.17) is 9.84 Å². The van der Waals surface area contributed by atoms with E-state index in [9.17, 15) is 15.0 Å². The van der Waals surface area contributed by atoms with Crippen LogP contribution in [-0.4, -0.2) is 28.4 Å². The van der Waals surface area contributed by atoms with Crippen molar-refractivity contribution in [2.75, 3.05) is 12.4 Å². The van der Waals surface area contributed by atoms with Gasteiger partial charge in [-0.3, -0.25) is 0 Å². The Balaban J connectivity index is 1.98. The number of hydrogen-bond acceptors (Lipinski definition) is 5. The summed E-state index contributed by atoms with van der Waals surface area (Å²) in [5.41, 5.74) is 2.30. The number of nitrogens with one attached hydrogen (secondary N) is 1. The molecule has 0 aromatic heterocycles. The second-order valence-corrected chi connectivity index (χ2v) is 5.22. The van der Waals surface area contributed by atoms with Gasteiger partial charge in [-0.2, -0.15) is 0 Å². The zero-order valence-corrected chi connectivity index (χ0v) is 12.8. The molecule has 0 unspecified atom stereocenters. The third kappa shape index (κ3) is 2.77. The fourth-order valence-electron chi connectivity index (χ4n) is 2.46. The molecule has 0 saturated carbocycles. The molecule has 4 N–H and O–H groups in total. The maximum absolute atomic E-state index is 11.1. The number of rotatable bonds is 3. The molecule has 3 rings (SSSR count). The van der Waals surface area contributed by atoms with Gasteiger partial charge in [-0.1, -0.05) is 18.2 Å². The average molecular weight is 325 g/mol. The molecule has 0 spiro atoms. The van der Waals surface area contributed by atoms with E-state index >= 15 is 0 Å². The summed E-state index contributed by atoms with van der Waals surface area (Å²) >= 11 is 0. The highest BCUT2D eigenvalue weighted by Crippen LogP contribution is 2.36. The van der Waals surface area contributed by atoms with Crippen molar-refractivity contribution in [3.05, 3.63) is 58.8 Å². The molecule has 2 aromatic rings. The maximum atomic E-state index is 11.1. The van der Waals surface area contributed by atoms with E-state index in [0.29, 0.717) is 22.7 Å². The lowest BCUT2D eigenvalue weighted by Gasteiger charge is -2.18. The van der Waals surface area contributed by atoms with Crippen molar-refractivity contribution in [3.63, 3.8) is 0 Å². The molecular formula is C18H15NO5. The number of anilines is 1. The number of methoxy groups -OCH3 is 1. The second kappa shape index (κ2) is 6.00. The van der Waals surface area contributed by atoms with Gasteiger partial charge in [0.2, 0.25) is 0 Å². The minimum absolute atomic E-state index is 0.0425. The van der Waals surface area contributed by atoms with Crippen LogP contribution in [0.2, 0.25) is 0 Å². The minimum atomic E-state index is -1.19. The molecule has 6 nitrogen and oxygen atoms in total. The number of fused-ring (bicyclic) bond motifs is 1. The first-order chi connectivity index (χ1) is 11.5. The van der Waals surface area contributed by atoms with Crippen LogP contribution in [0.15, 0.2) is 42.1 Å². The Bertz CT molecular complexity index is 883. The Morgan fingerprint density at radius 1 is 1.17 bits per heavy atom. The van der Waals surface area contributed by atoms with E-state index in [1.54, 1.807) is 30.4 Å². The lowest BCUT2D eigenvalue weighted by molar-refractivity contribution is 0.0694. The molecule has 1 heterocycles. The number of carbonyl (C=O) groups is 1. The van der Waals surface area contributed by atoms with E-state index in [1.807, 2.05) is 6.08 Å². The van der Waals surface area contributed by atoms with Crippen molar-refractivity contribution >= 4 is 23.8 Å². The van der Waals surface area contributed by atoms with E-state index < -0.39 is 5.97 Å². The molecule has 2 aromatic carbocycles. The number of allylic oxidation sites excluding steroid dienone is 1. The van der Waals surface area contributed by atoms with Crippen LogP contribution in [0.1, 0.15) is 21.5 Å². The van der Waals surface area contributed by atoms with Gasteiger partial charge < -0.3 is 25.4 Å². The molecule has 0 radical (unpaired) electrons. The summed E-state index contributed by atoms with van der Waals surface area (Å²) in [7, 11) is 1.46. The molecule has 24 heavy (non-hydrogen) atoms. The highest BCUT2D eigenvalue weighted by atomic mass is 16.5. The van der Waals surface area contributed by atoms with Gasteiger partial charge in [-0.15, -0.1) is 0 Å². The number of phenols is 2. The Morgan fingerprint density at radius 2 is 1.96 bits per heavy atom. The second-order valence-electron chi connectivity index (χ2n) is 5.22. The smallest absolute Gasteiger partial charge is 0.339 e. The zero-order chi connectivity index (χ0) is 17.3. The first kappa shape index (κ1) is 15.5. The van der Waals surface area contributed by atoms with Crippen LogP contribution in [0.5, 0.6) is 17.2 Å². The quantitative estimate of drug-likeness (QED) is 0.646. The summed E-state index contributed by atoms with van der Waals surface area (Å²) in [6.07, 6.45) is 5.37. The van der Waals surface area contributed by atoms with Crippen LogP contribution < -0.4 is 10.1 Å². The van der Waals surface area contributed by atoms with Crippen molar-refractivity contribution in [2.24, 2.45) is 0 Å². The van der Waals surface area contributed by atoms with Gasteiger partial charge in [0.1, 0.15) is 5.56 Å². The maximum Gasteiger partial charge on any atom is 0.339 e. The van der Waals surface area contributed by atoms with Crippen LogP contribution in [0.3, 0.4) is 0 Å². The SMILES string of the molecule is COc1cc(/C=C2\C=Cc3ccc(C(=O)O)c(O)c3N2)ccc1O. The van der Waals surface area contributed by atoms with E-state index in [2.05, 4.69) is 5.32 Å². The lowest BCUT2D eigenvalue weighted by Crippen LogP contribution is -2.06. The van der Waals surface area contributed by atoms with Crippen LogP contribution >= 0.6 is 0 Å². The normalized spacial score (nSPS) is 14.1. The van der Waals surface area contributed by atoms with E-state index in [-0.39, 0.29) is 17.1 Å². The molecule has 0 atom stereocenters. The Labute approximate surface area is 138 Å². The number of benzene rings is 2. The van der Waals surface area contributed by atoms with Crippen molar-refractivity contribution in [1.29, 1.82) is 0 Å². The van der Waals surface area contributed by atoms with Crippen molar-refractivity contribution < 1.29 is 24.9 Å². The first-order valence-electron chi connectivity index (χ1n) is 7.12. The van der Waals surface area contributed by atoms with Gasteiger partial charge in [0.05, 0.1) is 12.8 Å². The van der Waals surface area contributed by atoms with Crippen LogP contribution in [0.4, 0.5) is 5.69 Å². The highest BCUT2D eigenvalue weighted by Gasteiger charge is 2.18. The van der Waals surface area contributed by atoms with Crippen LogP contribution in [-0.2, 0) is 0 Å². The monoisotopic (exact) mass is 325 g/mol. The molecule has 1 aliphatic rings. The summed E-state index contributed by atoms with van der Waals surface area (Å²) in [5.74, 6) is -1.11. The fourth-order valence-corrected chi connectivity index (χ4v) is 2.46. The number of phenolic OH excluding ortho intramolecular Hbond substituents is 1. The molecule has 0 saturated heterocycles. The predicted molar refractivity (Wildman–Crippen MR) is 90.4 cm³/mol. The standard InChI is InChI=1S/C18H15NO5/c1-24-15-9-10(2-7-14(15)20)8-12-5-3-11-4-6-13(18(22)23)17(21)16(11)19-12/h2-9,19-21H,1H3,(H,22,23)/b12-8+. The van der Waals surface area contributed by atoms with Gasteiger partial charge in [0.25, 0.3) is 0 Å². The molecule has 0 fully saturated rings. The van der Waals surface area contributed by atoms with Gasteiger partial charge in [0, 0.05) is 11.3 Å². The molecule has 0 amide bonds. The molecule has 6 heteroatoms. The number of hydrogen-bond donors (Lipinski definition) is 4. The average Bonchev–Trinajstić information content (AvgIpc) is 2.57. The predicted octanol–water partition coefficient (Wildman–Crippen LogP) is 3.28. The molecular weight excluding hydrogens is 310 g/mol. The number of aromatic hydroxyl groups is 2. The topological polar surface area (TPSA) is 99.0 Å². The van der Waals surface area contributed by atoms with Crippen LogP contribution in [0.25, 0.3) is 12.2 Å². The summed E-state index contributed by atoms with van der Waals surface area (Å²) < 4.78 is 5.07. The Hall–Kier alpha value is -3.41. The van der Waals surface area contributed by atoms with Crippen LogP contribution in [0, 0.1) is 0 Å². The molecule has 1 aliphatic heterocycles. The van der Waals surface area contributed by atoms with Gasteiger partial charge in [-0.25, -0.2) is 4.79 Å². The van der Waals surface area contributed by atoms with Gasteiger partial charge in [0.15, 0.2) is 17.2 Å². The molecule has 0 aliphatic carbocycles. The van der Waals surface area contributed by atoms with Gasteiger partial charge >= 0.3 is 5.97 Å². The minimum Gasteiger partial charge on any atom is -0.505 e.